The summed E-state index contributed by atoms with van der Waals surface area (Å²) in [5.74, 6) is -0.209. The van der Waals surface area contributed by atoms with Gasteiger partial charge < -0.3 is 0 Å². The van der Waals surface area contributed by atoms with E-state index in [0.717, 1.165) is 11.1 Å². The van der Waals surface area contributed by atoms with Crippen LogP contribution in [0.15, 0.2) is 59.5 Å². The lowest BCUT2D eigenvalue weighted by Crippen LogP contribution is -2.41. The summed E-state index contributed by atoms with van der Waals surface area (Å²) >= 11 is 0. The van der Waals surface area contributed by atoms with Crippen LogP contribution in [0.1, 0.15) is 18.1 Å². The molecule has 4 nitrogen and oxygen atoms in total. The molecule has 1 atom stereocenters. The zero-order chi connectivity index (χ0) is 16.2. The summed E-state index contributed by atoms with van der Waals surface area (Å²) < 4.78 is 27.3. The fraction of sp³-hybridized carbons (Fsp3) is 0.235. The molecule has 0 radical (unpaired) electrons. The molecule has 0 aliphatic heterocycles. The van der Waals surface area contributed by atoms with E-state index in [-0.39, 0.29) is 10.7 Å². The fourth-order valence-corrected chi connectivity index (χ4v) is 3.35. The number of benzene rings is 2. The van der Waals surface area contributed by atoms with Crippen molar-refractivity contribution in [3.05, 3.63) is 65.7 Å². The highest BCUT2D eigenvalue weighted by Crippen LogP contribution is 2.12. The standard InChI is InChI=1S/C17H19NO3S/c1-13-8-10-16(11-9-13)22(20,21)18-17(14(2)19)12-15-6-4-3-5-7-15/h3-11,17-18H,12H2,1-2H3. The first kappa shape index (κ1) is 16.4. The molecule has 22 heavy (non-hydrogen) atoms. The Morgan fingerprint density at radius 2 is 1.64 bits per heavy atom. The van der Waals surface area contributed by atoms with Crippen LogP contribution in [0.25, 0.3) is 0 Å². The van der Waals surface area contributed by atoms with E-state index in [0.29, 0.717) is 6.42 Å². The lowest BCUT2D eigenvalue weighted by atomic mass is 10.0. The molecule has 0 aliphatic carbocycles. The molecule has 0 aromatic heterocycles. The van der Waals surface area contributed by atoms with E-state index in [9.17, 15) is 13.2 Å². The highest BCUT2D eigenvalue weighted by Gasteiger charge is 2.23. The van der Waals surface area contributed by atoms with Gasteiger partial charge >= 0.3 is 0 Å². The van der Waals surface area contributed by atoms with E-state index in [2.05, 4.69) is 4.72 Å². The van der Waals surface area contributed by atoms with Crippen LogP contribution >= 0.6 is 0 Å². The number of Topliss-reactive ketones (excluding diaryl/α,β-unsaturated/α-hetero) is 1. The summed E-state index contributed by atoms with van der Waals surface area (Å²) in [6.07, 6.45) is 0.335. The number of hydrogen-bond acceptors (Lipinski definition) is 3. The molecule has 1 unspecified atom stereocenters. The van der Waals surface area contributed by atoms with Crippen molar-refractivity contribution in [3.8, 4) is 0 Å². The van der Waals surface area contributed by atoms with Gasteiger partial charge in [-0.2, -0.15) is 0 Å². The Morgan fingerprint density at radius 1 is 1.05 bits per heavy atom. The molecule has 2 aromatic rings. The molecule has 0 amide bonds. The molecule has 2 rings (SSSR count). The minimum absolute atomic E-state index is 0.164. The van der Waals surface area contributed by atoms with Gasteiger partial charge in [0.25, 0.3) is 0 Å². The molecule has 5 heteroatoms. The monoisotopic (exact) mass is 317 g/mol. The first-order valence-corrected chi connectivity index (χ1v) is 8.50. The number of sulfonamides is 1. The van der Waals surface area contributed by atoms with Crippen LogP contribution in [0.2, 0.25) is 0 Å². The zero-order valence-corrected chi connectivity index (χ0v) is 13.4. The SMILES string of the molecule is CC(=O)C(Cc1ccccc1)NS(=O)(=O)c1ccc(C)cc1. The molecule has 0 heterocycles. The average Bonchev–Trinajstić information content (AvgIpc) is 2.48. The normalized spacial score (nSPS) is 12.8. The summed E-state index contributed by atoms with van der Waals surface area (Å²) in [6, 6.07) is 15.1. The van der Waals surface area contributed by atoms with Crippen LogP contribution in [0.5, 0.6) is 0 Å². The molecule has 0 bridgehead atoms. The largest absolute Gasteiger partial charge is 0.298 e. The van der Waals surface area contributed by atoms with Crippen molar-refractivity contribution >= 4 is 15.8 Å². The summed E-state index contributed by atoms with van der Waals surface area (Å²) in [5, 5.41) is 0. The maximum absolute atomic E-state index is 12.4. The van der Waals surface area contributed by atoms with Crippen LogP contribution in [-0.2, 0) is 21.2 Å². The maximum atomic E-state index is 12.4. The van der Waals surface area contributed by atoms with Crippen LogP contribution in [0.3, 0.4) is 0 Å². The van der Waals surface area contributed by atoms with Crippen molar-refractivity contribution < 1.29 is 13.2 Å². The number of ketones is 1. The lowest BCUT2D eigenvalue weighted by molar-refractivity contribution is -0.118. The van der Waals surface area contributed by atoms with Crippen molar-refractivity contribution in [3.63, 3.8) is 0 Å². The molecular formula is C17H19NO3S. The highest BCUT2D eigenvalue weighted by atomic mass is 32.2. The summed E-state index contributed by atoms with van der Waals surface area (Å²) in [7, 11) is -3.71. The van der Waals surface area contributed by atoms with Gasteiger partial charge in [0.15, 0.2) is 0 Å². The van der Waals surface area contributed by atoms with Crippen LogP contribution in [-0.4, -0.2) is 20.2 Å². The zero-order valence-electron chi connectivity index (χ0n) is 12.6. The summed E-state index contributed by atoms with van der Waals surface area (Å²) in [4.78, 5) is 11.9. The van der Waals surface area contributed by atoms with E-state index in [1.165, 1.54) is 19.1 Å². The smallest absolute Gasteiger partial charge is 0.241 e. The molecular weight excluding hydrogens is 298 g/mol. The third kappa shape index (κ3) is 4.26. The third-order valence-corrected chi connectivity index (χ3v) is 4.89. The molecule has 0 spiro atoms. The van der Waals surface area contributed by atoms with Crippen molar-refractivity contribution in [2.75, 3.05) is 0 Å². The van der Waals surface area contributed by atoms with Gasteiger partial charge in [-0.25, -0.2) is 13.1 Å². The number of aryl methyl sites for hydroxylation is 1. The predicted molar refractivity (Wildman–Crippen MR) is 86.1 cm³/mol. The van der Waals surface area contributed by atoms with Gasteiger partial charge in [-0.15, -0.1) is 0 Å². The molecule has 2 aromatic carbocycles. The third-order valence-electron chi connectivity index (χ3n) is 3.40. The predicted octanol–water partition coefficient (Wildman–Crippen LogP) is 2.47. The Bertz CT molecular complexity index is 737. The Hall–Kier alpha value is -1.98. The van der Waals surface area contributed by atoms with Crippen molar-refractivity contribution in [1.82, 2.24) is 4.72 Å². The maximum Gasteiger partial charge on any atom is 0.241 e. The van der Waals surface area contributed by atoms with Gasteiger partial charge in [0, 0.05) is 0 Å². The highest BCUT2D eigenvalue weighted by molar-refractivity contribution is 7.89. The lowest BCUT2D eigenvalue weighted by Gasteiger charge is -2.16. The van der Waals surface area contributed by atoms with Gasteiger partial charge in [-0.1, -0.05) is 48.0 Å². The van der Waals surface area contributed by atoms with E-state index >= 15 is 0 Å². The molecule has 0 saturated carbocycles. The number of nitrogens with one attached hydrogen (secondary N) is 1. The summed E-state index contributed by atoms with van der Waals surface area (Å²) in [5.41, 5.74) is 1.89. The average molecular weight is 317 g/mol. The van der Waals surface area contributed by atoms with Gasteiger partial charge in [0.1, 0.15) is 5.78 Å². The van der Waals surface area contributed by atoms with E-state index in [4.69, 9.17) is 0 Å². The van der Waals surface area contributed by atoms with Gasteiger partial charge in [0.05, 0.1) is 10.9 Å². The van der Waals surface area contributed by atoms with Crippen LogP contribution in [0, 0.1) is 6.92 Å². The Kier molecular flexibility index (Phi) is 5.11. The van der Waals surface area contributed by atoms with Gasteiger partial charge in [0.2, 0.25) is 10.0 Å². The number of carbonyl (C=O) groups is 1. The van der Waals surface area contributed by atoms with Crippen molar-refractivity contribution in [2.24, 2.45) is 0 Å². The van der Waals surface area contributed by atoms with Crippen LogP contribution in [0.4, 0.5) is 0 Å². The molecule has 0 fully saturated rings. The van der Waals surface area contributed by atoms with E-state index in [1.54, 1.807) is 12.1 Å². The summed E-state index contributed by atoms with van der Waals surface area (Å²) in [6.45, 7) is 3.28. The molecule has 0 saturated heterocycles. The van der Waals surface area contributed by atoms with E-state index in [1.807, 2.05) is 37.3 Å². The van der Waals surface area contributed by atoms with Crippen molar-refractivity contribution in [1.29, 1.82) is 0 Å². The second-order valence-corrected chi connectivity index (χ2v) is 7.00. The Balaban J connectivity index is 2.20. The number of hydrogen-bond donors (Lipinski definition) is 1. The molecule has 0 aliphatic rings. The van der Waals surface area contributed by atoms with Crippen molar-refractivity contribution in [2.45, 2.75) is 31.2 Å². The minimum Gasteiger partial charge on any atom is -0.298 e. The molecule has 116 valence electrons. The number of carbonyl (C=O) groups excluding carboxylic acids is 1. The Morgan fingerprint density at radius 3 is 2.18 bits per heavy atom. The second-order valence-electron chi connectivity index (χ2n) is 5.29. The van der Waals surface area contributed by atoms with Gasteiger partial charge in [-0.05, 0) is 38.0 Å². The first-order valence-electron chi connectivity index (χ1n) is 7.02. The quantitative estimate of drug-likeness (QED) is 0.890. The number of rotatable bonds is 6. The fourth-order valence-electron chi connectivity index (χ4n) is 2.09. The minimum atomic E-state index is -3.71. The van der Waals surface area contributed by atoms with E-state index < -0.39 is 16.1 Å². The molecule has 1 N–H and O–H groups in total. The topological polar surface area (TPSA) is 63.2 Å². The first-order chi connectivity index (χ1) is 10.4. The van der Waals surface area contributed by atoms with Crippen LogP contribution < -0.4 is 4.72 Å². The Labute approximate surface area is 131 Å². The second kappa shape index (κ2) is 6.85. The van der Waals surface area contributed by atoms with Gasteiger partial charge in [-0.3, -0.25) is 4.79 Å².